The Kier molecular flexibility index (Phi) is 6.87. The zero-order chi connectivity index (χ0) is 19.4. The first-order valence-corrected chi connectivity index (χ1v) is 8.04. The predicted octanol–water partition coefficient (Wildman–Crippen LogP) is -2.11. The standard InChI is InChI=1S/C16H25N2O8/c1-17(2)16(23)25-10-5-4-9(18(3)6-10)8-24-15-14(22)13(21)12(20)11(7-19)26-15/h4-6,11-15,19-22H,7-8H2,1-3H3/q+1/t11-,12-,13+,14-,15+/m1/s1. The van der Waals surface area contributed by atoms with Gasteiger partial charge in [-0.2, -0.15) is 4.57 Å². The molecule has 1 saturated heterocycles. The van der Waals surface area contributed by atoms with Gasteiger partial charge in [-0.25, -0.2) is 4.79 Å². The lowest BCUT2D eigenvalue weighted by Crippen LogP contribution is -2.59. The lowest BCUT2D eigenvalue weighted by Gasteiger charge is -2.39. The highest BCUT2D eigenvalue weighted by Crippen LogP contribution is 2.22. The molecule has 0 bridgehead atoms. The number of carbonyl (C=O) groups excluding carboxylic acids is 1. The molecule has 146 valence electrons. The molecule has 2 rings (SSSR count). The molecule has 1 aromatic rings. The van der Waals surface area contributed by atoms with Crippen molar-refractivity contribution >= 4 is 6.09 Å². The molecule has 0 aliphatic carbocycles. The third-order valence-electron chi connectivity index (χ3n) is 4.03. The zero-order valence-electron chi connectivity index (χ0n) is 14.8. The van der Waals surface area contributed by atoms with E-state index in [1.54, 1.807) is 44.0 Å². The summed E-state index contributed by atoms with van der Waals surface area (Å²) in [5.41, 5.74) is 0.673. The van der Waals surface area contributed by atoms with E-state index in [0.29, 0.717) is 11.4 Å². The molecular formula is C16H25N2O8+. The Labute approximate surface area is 150 Å². The molecule has 0 saturated carbocycles. The van der Waals surface area contributed by atoms with Crippen LogP contribution in [-0.2, 0) is 23.1 Å². The Bertz CT molecular complexity index is 624. The van der Waals surface area contributed by atoms with Gasteiger partial charge in [-0.1, -0.05) is 0 Å². The summed E-state index contributed by atoms with van der Waals surface area (Å²) in [4.78, 5) is 12.9. The van der Waals surface area contributed by atoms with Crippen molar-refractivity contribution in [3.8, 4) is 5.75 Å². The first-order valence-electron chi connectivity index (χ1n) is 8.04. The molecule has 0 spiro atoms. The molecule has 0 aromatic carbocycles. The summed E-state index contributed by atoms with van der Waals surface area (Å²) in [5.74, 6) is 0.350. The summed E-state index contributed by atoms with van der Waals surface area (Å²) in [6.45, 7) is -0.508. The first-order chi connectivity index (χ1) is 12.2. The molecule has 0 unspecified atom stereocenters. The number of aliphatic hydroxyl groups excluding tert-OH is 4. The maximum Gasteiger partial charge on any atom is 0.414 e. The van der Waals surface area contributed by atoms with E-state index in [4.69, 9.17) is 14.2 Å². The van der Waals surface area contributed by atoms with E-state index in [0.717, 1.165) is 0 Å². The minimum atomic E-state index is -1.49. The van der Waals surface area contributed by atoms with E-state index in [1.807, 2.05) is 0 Å². The number of hydrogen-bond acceptors (Lipinski definition) is 8. The lowest BCUT2D eigenvalue weighted by molar-refractivity contribution is -0.681. The molecule has 4 N–H and O–H groups in total. The van der Waals surface area contributed by atoms with Gasteiger partial charge in [0.2, 0.25) is 11.9 Å². The highest BCUT2D eigenvalue weighted by atomic mass is 16.7. The maximum absolute atomic E-state index is 11.6. The summed E-state index contributed by atoms with van der Waals surface area (Å²) >= 11 is 0. The van der Waals surface area contributed by atoms with Crippen molar-refractivity contribution in [3.63, 3.8) is 0 Å². The number of ether oxygens (including phenoxy) is 3. The van der Waals surface area contributed by atoms with Crippen LogP contribution in [0.2, 0.25) is 0 Å². The van der Waals surface area contributed by atoms with E-state index in [-0.39, 0.29) is 6.61 Å². The molecule has 10 heteroatoms. The number of pyridine rings is 1. The Hall–Kier alpha value is -1.82. The van der Waals surface area contributed by atoms with E-state index < -0.39 is 43.4 Å². The zero-order valence-corrected chi connectivity index (χ0v) is 14.8. The molecule has 2 heterocycles. The van der Waals surface area contributed by atoms with Crippen LogP contribution in [0.1, 0.15) is 5.69 Å². The molecule has 0 radical (unpaired) electrons. The van der Waals surface area contributed by atoms with Crippen molar-refractivity contribution in [1.29, 1.82) is 0 Å². The van der Waals surface area contributed by atoms with Gasteiger partial charge in [0.1, 0.15) is 38.1 Å². The molecule has 1 aliphatic rings. The summed E-state index contributed by atoms with van der Waals surface area (Å²) in [7, 11) is 4.87. The van der Waals surface area contributed by atoms with Crippen LogP contribution >= 0.6 is 0 Å². The molecule has 1 aromatic heterocycles. The highest BCUT2D eigenvalue weighted by Gasteiger charge is 2.44. The van der Waals surface area contributed by atoms with E-state index in [9.17, 15) is 25.2 Å². The smallest absolute Gasteiger partial charge is 0.404 e. The van der Waals surface area contributed by atoms with Crippen molar-refractivity contribution in [3.05, 3.63) is 24.0 Å². The average molecular weight is 373 g/mol. The summed E-state index contributed by atoms with van der Waals surface area (Å²) in [5, 5.41) is 38.6. The van der Waals surface area contributed by atoms with Gasteiger partial charge in [0.05, 0.1) is 6.61 Å². The second kappa shape index (κ2) is 8.71. The van der Waals surface area contributed by atoms with E-state index in [1.165, 1.54) is 4.90 Å². The van der Waals surface area contributed by atoms with Crippen LogP contribution in [0.25, 0.3) is 0 Å². The number of carbonyl (C=O) groups is 1. The summed E-state index contributed by atoms with van der Waals surface area (Å²) in [6, 6.07) is 3.26. The van der Waals surface area contributed by atoms with Crippen LogP contribution < -0.4 is 9.30 Å². The fourth-order valence-electron chi connectivity index (χ4n) is 2.39. The quantitative estimate of drug-likeness (QED) is 0.431. The van der Waals surface area contributed by atoms with Crippen molar-refractivity contribution in [2.24, 2.45) is 7.05 Å². The van der Waals surface area contributed by atoms with Crippen LogP contribution in [0, 0.1) is 0 Å². The molecule has 10 nitrogen and oxygen atoms in total. The third kappa shape index (κ3) is 4.67. The summed E-state index contributed by atoms with van der Waals surface area (Å²) in [6.07, 6.45) is -5.54. The molecule has 1 fully saturated rings. The van der Waals surface area contributed by atoms with Gasteiger partial charge in [-0.05, 0) is 6.07 Å². The fourth-order valence-corrected chi connectivity index (χ4v) is 2.39. The second-order valence-corrected chi connectivity index (χ2v) is 6.24. The van der Waals surface area contributed by atoms with Crippen molar-refractivity contribution < 1.29 is 44.0 Å². The monoisotopic (exact) mass is 373 g/mol. The van der Waals surface area contributed by atoms with E-state index >= 15 is 0 Å². The maximum atomic E-state index is 11.6. The average Bonchev–Trinajstić information content (AvgIpc) is 2.60. The van der Waals surface area contributed by atoms with Crippen LogP contribution in [-0.4, -0.2) is 82.8 Å². The number of nitrogens with zero attached hydrogens (tertiary/aromatic N) is 2. The van der Waals surface area contributed by atoms with Gasteiger partial charge in [-0.15, -0.1) is 0 Å². The number of rotatable bonds is 5. The van der Waals surface area contributed by atoms with Crippen LogP contribution in [0.4, 0.5) is 4.79 Å². The largest absolute Gasteiger partial charge is 0.414 e. The number of aromatic nitrogens is 1. The van der Waals surface area contributed by atoms with Gasteiger partial charge in [0.15, 0.2) is 12.0 Å². The number of aryl methyl sites for hydroxylation is 1. The van der Waals surface area contributed by atoms with Gasteiger partial charge < -0.3 is 39.5 Å². The highest BCUT2D eigenvalue weighted by molar-refractivity contribution is 5.69. The van der Waals surface area contributed by atoms with Crippen LogP contribution in [0.15, 0.2) is 18.3 Å². The topological polar surface area (TPSA) is 133 Å². The van der Waals surface area contributed by atoms with Gasteiger partial charge in [0, 0.05) is 20.2 Å². The number of amides is 1. The normalized spacial score (nSPS) is 28.7. The molecule has 26 heavy (non-hydrogen) atoms. The first kappa shape index (κ1) is 20.5. The van der Waals surface area contributed by atoms with Crippen LogP contribution in [0.3, 0.4) is 0 Å². The third-order valence-corrected chi connectivity index (χ3v) is 4.03. The Morgan fingerprint density at radius 3 is 2.50 bits per heavy atom. The Morgan fingerprint density at radius 1 is 1.23 bits per heavy atom. The molecule has 5 atom stereocenters. The molecule has 1 aliphatic heterocycles. The van der Waals surface area contributed by atoms with Crippen molar-refractivity contribution in [2.75, 3.05) is 20.7 Å². The van der Waals surface area contributed by atoms with Gasteiger partial charge in [-0.3, -0.25) is 0 Å². The predicted molar refractivity (Wildman–Crippen MR) is 85.9 cm³/mol. The molecular weight excluding hydrogens is 348 g/mol. The second-order valence-electron chi connectivity index (χ2n) is 6.24. The van der Waals surface area contributed by atoms with Crippen LogP contribution in [0.5, 0.6) is 5.75 Å². The van der Waals surface area contributed by atoms with Gasteiger partial charge >= 0.3 is 6.09 Å². The Balaban J connectivity index is 1.99. The number of aliphatic hydroxyl groups is 4. The lowest BCUT2D eigenvalue weighted by atomic mass is 9.99. The molecule has 1 amide bonds. The summed E-state index contributed by atoms with van der Waals surface area (Å²) < 4.78 is 17.6. The minimum absolute atomic E-state index is 0.0150. The van der Waals surface area contributed by atoms with Crippen molar-refractivity contribution in [1.82, 2.24) is 4.90 Å². The van der Waals surface area contributed by atoms with Crippen molar-refractivity contribution in [2.45, 2.75) is 37.3 Å². The fraction of sp³-hybridized carbons (Fsp3) is 0.625. The Morgan fingerprint density at radius 2 is 1.92 bits per heavy atom. The minimum Gasteiger partial charge on any atom is -0.404 e. The van der Waals surface area contributed by atoms with E-state index in [2.05, 4.69) is 0 Å². The van der Waals surface area contributed by atoms with Gasteiger partial charge in [0.25, 0.3) is 0 Å². The SMILES string of the molecule is CN(C)C(=O)Oc1ccc(CO[C@H]2O[C@H](CO)[C@@H](O)[C@H](O)[C@H]2O)[n+](C)c1. The number of hydrogen-bond donors (Lipinski definition) is 4.